The van der Waals surface area contributed by atoms with Crippen LogP contribution < -0.4 is 5.32 Å². The van der Waals surface area contributed by atoms with Gasteiger partial charge in [0, 0.05) is 0 Å². The zero-order valence-corrected chi connectivity index (χ0v) is 9.19. The van der Waals surface area contributed by atoms with E-state index in [0.717, 1.165) is 17.3 Å². The summed E-state index contributed by atoms with van der Waals surface area (Å²) >= 11 is 0.881. The summed E-state index contributed by atoms with van der Waals surface area (Å²) in [7, 11) is 0. The van der Waals surface area contributed by atoms with Crippen molar-refractivity contribution in [3.63, 3.8) is 0 Å². The lowest BCUT2D eigenvalue weighted by Gasteiger charge is -1.92. The summed E-state index contributed by atoms with van der Waals surface area (Å²) in [5.41, 5.74) is 1.56. The van der Waals surface area contributed by atoms with Crippen molar-refractivity contribution < 1.29 is 9.59 Å². The normalized spacial score (nSPS) is 18.6. The summed E-state index contributed by atoms with van der Waals surface area (Å²) < 4.78 is 0. The van der Waals surface area contributed by atoms with Gasteiger partial charge in [-0.25, -0.2) is 0 Å². The molecule has 0 aliphatic carbocycles. The molecule has 0 aromatic rings. The average molecular weight is 221 g/mol. The third-order valence-electron chi connectivity index (χ3n) is 1.54. The highest BCUT2D eigenvalue weighted by atomic mass is 32.2. The Morgan fingerprint density at radius 1 is 1.33 bits per heavy atom. The predicted octanol–water partition coefficient (Wildman–Crippen LogP) is 2.54. The van der Waals surface area contributed by atoms with E-state index in [2.05, 4.69) is 18.5 Å². The van der Waals surface area contributed by atoms with Crippen molar-refractivity contribution in [1.29, 1.82) is 0 Å². The molecule has 1 saturated heterocycles. The van der Waals surface area contributed by atoms with Gasteiger partial charge in [0.15, 0.2) is 0 Å². The summed E-state index contributed by atoms with van der Waals surface area (Å²) in [5, 5.41) is 1.83. The Labute approximate surface area is 92.6 Å². The van der Waals surface area contributed by atoms with Gasteiger partial charge in [-0.2, -0.15) is 0 Å². The maximum absolute atomic E-state index is 11.2. The molecule has 1 rings (SSSR count). The smallest absolute Gasteiger partial charge is 0.282 e. The summed E-state index contributed by atoms with van der Waals surface area (Å²) in [6, 6.07) is 0. The Bertz CT molecular complexity index is 405. The molecule has 1 N–H and O–H groups in total. The van der Waals surface area contributed by atoms with Crippen molar-refractivity contribution in [3.05, 3.63) is 47.4 Å². The van der Waals surface area contributed by atoms with Crippen LogP contribution in [-0.4, -0.2) is 11.1 Å². The van der Waals surface area contributed by atoms with Crippen molar-refractivity contribution >= 4 is 22.9 Å². The van der Waals surface area contributed by atoms with Crippen molar-refractivity contribution in [3.8, 4) is 0 Å². The van der Waals surface area contributed by atoms with Crippen LogP contribution in [0.25, 0.3) is 0 Å². The van der Waals surface area contributed by atoms with Crippen LogP contribution in [-0.2, 0) is 4.79 Å². The van der Waals surface area contributed by atoms with E-state index in [1.165, 1.54) is 0 Å². The van der Waals surface area contributed by atoms with E-state index in [4.69, 9.17) is 0 Å². The van der Waals surface area contributed by atoms with Gasteiger partial charge in [-0.05, 0) is 30.3 Å². The second kappa shape index (κ2) is 4.79. The molecular formula is C11H11NO2S. The Morgan fingerprint density at radius 2 is 2.00 bits per heavy atom. The first-order valence-corrected chi connectivity index (χ1v) is 5.08. The molecular weight excluding hydrogens is 210 g/mol. The molecule has 1 aliphatic heterocycles. The zero-order valence-electron chi connectivity index (χ0n) is 8.37. The lowest BCUT2D eigenvalue weighted by molar-refractivity contribution is -0.115. The quantitative estimate of drug-likeness (QED) is 0.588. The molecule has 0 atom stereocenters. The predicted molar refractivity (Wildman–Crippen MR) is 62.3 cm³/mol. The summed E-state index contributed by atoms with van der Waals surface area (Å²) in [5.74, 6) is -0.366. The Hall–Kier alpha value is -1.55. The molecule has 4 heteroatoms. The minimum atomic E-state index is -0.366. The first kappa shape index (κ1) is 11.5. The van der Waals surface area contributed by atoms with E-state index < -0.39 is 0 Å². The lowest BCUT2D eigenvalue weighted by atomic mass is 10.2. The fraction of sp³-hybridized carbons (Fsp3) is 0.0909. The second-order valence-electron chi connectivity index (χ2n) is 3.11. The highest BCUT2D eigenvalue weighted by Crippen LogP contribution is 2.24. The molecule has 0 radical (unpaired) electrons. The van der Waals surface area contributed by atoms with Crippen LogP contribution in [0.15, 0.2) is 47.4 Å². The van der Waals surface area contributed by atoms with Gasteiger partial charge in [-0.1, -0.05) is 30.9 Å². The molecule has 0 saturated carbocycles. The van der Waals surface area contributed by atoms with Gasteiger partial charge in [0.2, 0.25) is 0 Å². The van der Waals surface area contributed by atoms with Crippen molar-refractivity contribution in [2.45, 2.75) is 6.92 Å². The fourth-order valence-corrected chi connectivity index (χ4v) is 1.58. The van der Waals surface area contributed by atoms with Gasteiger partial charge in [0.25, 0.3) is 11.1 Å². The Morgan fingerprint density at radius 3 is 2.47 bits per heavy atom. The number of hydrogen-bond acceptors (Lipinski definition) is 3. The zero-order chi connectivity index (χ0) is 11.4. The highest BCUT2D eigenvalue weighted by Gasteiger charge is 2.24. The van der Waals surface area contributed by atoms with E-state index in [1.54, 1.807) is 18.2 Å². The highest BCUT2D eigenvalue weighted by molar-refractivity contribution is 8.18. The average Bonchev–Trinajstić information content (AvgIpc) is 2.42. The molecule has 3 nitrogen and oxygen atoms in total. The number of rotatable bonds is 3. The van der Waals surface area contributed by atoms with Gasteiger partial charge in [0.1, 0.15) is 0 Å². The van der Waals surface area contributed by atoms with Crippen LogP contribution in [0.3, 0.4) is 0 Å². The third kappa shape index (κ3) is 3.59. The number of allylic oxidation sites excluding steroid dienone is 5. The Balaban J connectivity index is 2.72. The van der Waals surface area contributed by atoms with Crippen molar-refractivity contribution in [2.75, 3.05) is 0 Å². The van der Waals surface area contributed by atoms with E-state index in [-0.39, 0.29) is 11.1 Å². The molecule has 1 heterocycles. The summed E-state index contributed by atoms with van der Waals surface area (Å²) in [6.07, 6.45) is 5.11. The molecule has 0 bridgehead atoms. The van der Waals surface area contributed by atoms with E-state index >= 15 is 0 Å². The molecule has 1 fully saturated rings. The van der Waals surface area contributed by atoms with Gasteiger partial charge in [-0.3, -0.25) is 14.9 Å². The molecule has 0 spiro atoms. The number of amides is 2. The van der Waals surface area contributed by atoms with Gasteiger partial charge in [-0.15, -0.1) is 0 Å². The number of carbonyl (C=O) groups is 2. The van der Waals surface area contributed by atoms with Crippen LogP contribution in [0.1, 0.15) is 6.92 Å². The van der Waals surface area contributed by atoms with Gasteiger partial charge >= 0.3 is 0 Å². The molecule has 2 amide bonds. The van der Waals surface area contributed by atoms with Crippen molar-refractivity contribution in [2.24, 2.45) is 0 Å². The number of nitrogens with one attached hydrogen (secondary N) is 1. The van der Waals surface area contributed by atoms with E-state index in [1.807, 2.05) is 6.92 Å². The van der Waals surface area contributed by atoms with E-state index in [9.17, 15) is 9.59 Å². The first-order chi connectivity index (χ1) is 6.99. The maximum atomic E-state index is 11.2. The standard InChI is InChI=1S/C11H11NO2S/c1-7(2)4-5-8(3)6-9-10(13)12-11(14)15-9/h4-6H,1,3H2,2H3,(H,12,13,14)/b5-4-,9-6-. The van der Waals surface area contributed by atoms with Gasteiger partial charge in [0.05, 0.1) is 4.91 Å². The lowest BCUT2D eigenvalue weighted by Crippen LogP contribution is -2.17. The molecule has 15 heavy (non-hydrogen) atoms. The Kier molecular flexibility index (Phi) is 3.68. The fourth-order valence-electron chi connectivity index (χ4n) is 0.887. The van der Waals surface area contributed by atoms with Gasteiger partial charge < -0.3 is 0 Å². The number of hydrogen-bond donors (Lipinski definition) is 1. The second-order valence-corrected chi connectivity index (χ2v) is 4.12. The third-order valence-corrected chi connectivity index (χ3v) is 2.35. The number of carbonyl (C=O) groups excluding carboxylic acids is 2. The number of imide groups is 1. The SMILES string of the molecule is C=C(C)/C=C\C(=C)/C=C1\SC(=O)NC1=O. The van der Waals surface area contributed by atoms with Crippen LogP contribution in [0.5, 0.6) is 0 Å². The number of thioether (sulfide) groups is 1. The van der Waals surface area contributed by atoms with Crippen molar-refractivity contribution in [1.82, 2.24) is 5.32 Å². The maximum Gasteiger partial charge on any atom is 0.290 e. The van der Waals surface area contributed by atoms with Crippen LogP contribution in [0.4, 0.5) is 4.79 Å². The summed E-state index contributed by atoms with van der Waals surface area (Å²) in [6.45, 7) is 9.30. The minimum Gasteiger partial charge on any atom is -0.282 e. The molecule has 0 aromatic heterocycles. The summed E-state index contributed by atoms with van der Waals surface area (Å²) in [4.78, 5) is 22.4. The van der Waals surface area contributed by atoms with Crippen LogP contribution in [0, 0.1) is 0 Å². The molecule has 0 unspecified atom stereocenters. The minimum absolute atomic E-state index is 0.345. The molecule has 1 aliphatic rings. The monoisotopic (exact) mass is 221 g/mol. The first-order valence-electron chi connectivity index (χ1n) is 4.26. The van der Waals surface area contributed by atoms with Crippen LogP contribution in [0.2, 0.25) is 0 Å². The van der Waals surface area contributed by atoms with Crippen LogP contribution >= 0.6 is 11.8 Å². The molecule has 0 aromatic carbocycles. The largest absolute Gasteiger partial charge is 0.290 e. The van der Waals surface area contributed by atoms with E-state index in [0.29, 0.717) is 10.5 Å². The topological polar surface area (TPSA) is 46.2 Å². The molecule has 78 valence electrons.